The van der Waals surface area contributed by atoms with Crippen molar-refractivity contribution in [2.45, 2.75) is 11.3 Å². The minimum atomic E-state index is -4.47. The summed E-state index contributed by atoms with van der Waals surface area (Å²) in [5.74, 6) is 0. The van der Waals surface area contributed by atoms with Gasteiger partial charge in [0.25, 0.3) is 5.56 Å². The first kappa shape index (κ1) is 16.5. The molecule has 0 saturated heterocycles. The van der Waals surface area contributed by atoms with Crippen LogP contribution in [0.1, 0.15) is 11.1 Å². The largest absolute Gasteiger partial charge is 0.417 e. The van der Waals surface area contributed by atoms with Crippen LogP contribution in [0.5, 0.6) is 0 Å². The third-order valence-corrected chi connectivity index (χ3v) is 4.90. The van der Waals surface area contributed by atoms with E-state index in [-0.39, 0.29) is 21.8 Å². The monoisotopic (exact) mass is 367 g/mol. The number of nitriles is 1. The number of aromatic nitrogens is 2. The fraction of sp³-hybridized carbons (Fsp3) is 0.133. The number of hydrogen-bond donors (Lipinski definition) is 1. The number of fused-ring (bicyclic) bond motifs is 1. The lowest BCUT2D eigenvalue weighted by Crippen LogP contribution is -2.14. The predicted molar refractivity (Wildman–Crippen MR) is 87.2 cm³/mol. The van der Waals surface area contributed by atoms with Gasteiger partial charge in [0.2, 0.25) is 0 Å². The van der Waals surface area contributed by atoms with Crippen molar-refractivity contribution in [3.05, 3.63) is 45.1 Å². The number of benzene rings is 1. The van der Waals surface area contributed by atoms with Gasteiger partial charge in [0.15, 0.2) is 5.16 Å². The fourth-order valence-electron chi connectivity index (χ4n) is 2.26. The molecule has 0 saturated carbocycles. The van der Waals surface area contributed by atoms with Gasteiger partial charge in [-0.2, -0.15) is 18.4 Å². The van der Waals surface area contributed by atoms with E-state index >= 15 is 0 Å². The van der Waals surface area contributed by atoms with E-state index in [1.807, 2.05) is 0 Å². The Morgan fingerprint density at radius 1 is 1.38 bits per heavy atom. The van der Waals surface area contributed by atoms with Crippen LogP contribution in [-0.4, -0.2) is 16.2 Å². The molecule has 0 radical (unpaired) electrons. The molecule has 0 atom stereocenters. The van der Waals surface area contributed by atoms with E-state index in [4.69, 9.17) is 0 Å². The van der Waals surface area contributed by atoms with Gasteiger partial charge in [-0.25, -0.2) is 4.98 Å². The smallest absolute Gasteiger partial charge is 0.300 e. The van der Waals surface area contributed by atoms with Crippen molar-refractivity contribution < 1.29 is 13.2 Å². The summed E-state index contributed by atoms with van der Waals surface area (Å²) in [6.07, 6.45) is -2.78. The highest BCUT2D eigenvalue weighted by molar-refractivity contribution is 7.98. The van der Waals surface area contributed by atoms with E-state index in [9.17, 15) is 23.2 Å². The van der Waals surface area contributed by atoms with Gasteiger partial charge >= 0.3 is 6.18 Å². The molecule has 3 rings (SSSR count). The van der Waals surface area contributed by atoms with Crippen LogP contribution in [0.3, 0.4) is 0 Å². The van der Waals surface area contributed by atoms with Crippen molar-refractivity contribution in [3.8, 4) is 17.3 Å². The summed E-state index contributed by atoms with van der Waals surface area (Å²) in [6, 6.07) is 6.18. The van der Waals surface area contributed by atoms with Crippen LogP contribution in [0.2, 0.25) is 0 Å². The quantitative estimate of drug-likeness (QED) is 0.543. The molecule has 1 aromatic carbocycles. The lowest BCUT2D eigenvalue weighted by molar-refractivity contribution is -0.136. The second kappa shape index (κ2) is 5.96. The van der Waals surface area contributed by atoms with E-state index in [0.29, 0.717) is 10.3 Å². The predicted octanol–water partition coefficient (Wildman–Crippen LogP) is 4.26. The Kier molecular flexibility index (Phi) is 4.11. The molecule has 2 aromatic heterocycles. The van der Waals surface area contributed by atoms with Crippen LogP contribution in [0.15, 0.2) is 33.5 Å². The number of alkyl halides is 3. The number of nitrogens with one attached hydrogen (secondary N) is 1. The summed E-state index contributed by atoms with van der Waals surface area (Å²) in [7, 11) is 0. The zero-order valence-corrected chi connectivity index (χ0v) is 13.7. The van der Waals surface area contributed by atoms with Gasteiger partial charge < -0.3 is 4.98 Å². The molecule has 122 valence electrons. The van der Waals surface area contributed by atoms with Crippen LogP contribution in [0, 0.1) is 11.3 Å². The summed E-state index contributed by atoms with van der Waals surface area (Å²) in [5, 5.41) is 10.6. The lowest BCUT2D eigenvalue weighted by atomic mass is 10.0. The third kappa shape index (κ3) is 2.79. The number of thioether (sulfide) groups is 1. The van der Waals surface area contributed by atoms with Crippen molar-refractivity contribution in [2.24, 2.45) is 0 Å². The average Bonchev–Trinajstić information content (AvgIpc) is 2.97. The zero-order valence-electron chi connectivity index (χ0n) is 12.1. The minimum Gasteiger partial charge on any atom is -0.300 e. The number of halogens is 3. The van der Waals surface area contributed by atoms with Crippen LogP contribution in [0.25, 0.3) is 21.3 Å². The SMILES string of the molecule is CSc1nc(-c2ccc3scc(C(F)(F)F)c3c2)c(C#N)c(=O)[nH]1. The van der Waals surface area contributed by atoms with Gasteiger partial charge in [-0.05, 0) is 18.4 Å². The minimum absolute atomic E-state index is 0.0293. The number of hydrogen-bond acceptors (Lipinski definition) is 5. The number of aromatic amines is 1. The van der Waals surface area contributed by atoms with E-state index < -0.39 is 17.3 Å². The second-order valence-corrected chi connectivity index (χ2v) is 6.47. The molecule has 9 heteroatoms. The molecular weight excluding hydrogens is 359 g/mol. The highest BCUT2D eigenvalue weighted by Gasteiger charge is 2.33. The molecule has 2 heterocycles. The molecule has 0 aliphatic carbocycles. The standard InChI is InChI=1S/C15H8F3N3OS2/c1-23-14-20-12(9(5-19)13(22)21-14)7-2-3-11-8(4-7)10(6-24-11)15(16,17)18/h2-4,6H,1H3,(H,20,21,22). The van der Waals surface area contributed by atoms with Crippen LogP contribution in [0.4, 0.5) is 13.2 Å². The zero-order chi connectivity index (χ0) is 17.5. The highest BCUT2D eigenvalue weighted by Crippen LogP contribution is 2.39. The molecule has 0 unspecified atom stereocenters. The first-order chi connectivity index (χ1) is 11.3. The number of thiophene rings is 1. The van der Waals surface area contributed by atoms with Crippen molar-refractivity contribution >= 4 is 33.2 Å². The van der Waals surface area contributed by atoms with Gasteiger partial charge in [0.1, 0.15) is 11.6 Å². The molecule has 24 heavy (non-hydrogen) atoms. The molecule has 0 aliphatic heterocycles. The Morgan fingerprint density at radius 2 is 2.12 bits per heavy atom. The summed E-state index contributed by atoms with van der Waals surface area (Å²) < 4.78 is 39.8. The van der Waals surface area contributed by atoms with Crippen molar-refractivity contribution in [1.29, 1.82) is 5.26 Å². The molecule has 0 fully saturated rings. The van der Waals surface area contributed by atoms with Crippen LogP contribution < -0.4 is 5.56 Å². The summed E-state index contributed by atoms with van der Waals surface area (Å²) in [5.41, 5.74) is -1.21. The van der Waals surface area contributed by atoms with Crippen LogP contribution >= 0.6 is 23.1 Å². The lowest BCUT2D eigenvalue weighted by Gasteiger charge is -2.07. The first-order valence-corrected chi connectivity index (χ1v) is 8.63. The van der Waals surface area contributed by atoms with Crippen LogP contribution in [-0.2, 0) is 6.18 Å². The van der Waals surface area contributed by atoms with Crippen molar-refractivity contribution in [2.75, 3.05) is 6.26 Å². The second-order valence-electron chi connectivity index (χ2n) is 4.77. The summed E-state index contributed by atoms with van der Waals surface area (Å²) in [4.78, 5) is 18.6. The average molecular weight is 367 g/mol. The van der Waals surface area contributed by atoms with E-state index in [1.165, 1.54) is 23.9 Å². The topological polar surface area (TPSA) is 69.5 Å². The molecule has 3 aromatic rings. The summed E-state index contributed by atoms with van der Waals surface area (Å²) in [6.45, 7) is 0. The Hall–Kier alpha value is -2.31. The van der Waals surface area contributed by atoms with Crippen molar-refractivity contribution in [3.63, 3.8) is 0 Å². The maximum atomic E-state index is 13.1. The van der Waals surface area contributed by atoms with E-state index in [1.54, 1.807) is 18.4 Å². The summed E-state index contributed by atoms with van der Waals surface area (Å²) >= 11 is 2.16. The van der Waals surface area contributed by atoms with E-state index in [2.05, 4.69) is 9.97 Å². The van der Waals surface area contributed by atoms with Gasteiger partial charge in [-0.1, -0.05) is 17.8 Å². The maximum Gasteiger partial charge on any atom is 0.417 e. The van der Waals surface area contributed by atoms with Gasteiger partial charge in [-0.3, -0.25) is 4.79 Å². The Balaban J connectivity index is 2.30. The van der Waals surface area contributed by atoms with Gasteiger partial charge in [0.05, 0.1) is 11.3 Å². The molecule has 0 spiro atoms. The molecular formula is C15H8F3N3OS2. The Bertz CT molecular complexity index is 1030. The van der Waals surface area contributed by atoms with Crippen molar-refractivity contribution in [1.82, 2.24) is 9.97 Å². The van der Waals surface area contributed by atoms with Gasteiger partial charge in [-0.15, -0.1) is 11.3 Å². The number of H-pyrrole nitrogens is 1. The molecule has 0 bridgehead atoms. The molecule has 0 aliphatic rings. The first-order valence-electron chi connectivity index (χ1n) is 6.52. The number of nitrogens with zero attached hydrogens (tertiary/aromatic N) is 2. The van der Waals surface area contributed by atoms with E-state index in [0.717, 1.165) is 16.7 Å². The molecule has 0 amide bonds. The highest BCUT2D eigenvalue weighted by atomic mass is 32.2. The normalized spacial score (nSPS) is 11.6. The third-order valence-electron chi connectivity index (χ3n) is 3.36. The Labute approximate surface area is 142 Å². The fourth-order valence-corrected chi connectivity index (χ4v) is 3.58. The number of rotatable bonds is 2. The van der Waals surface area contributed by atoms with Gasteiger partial charge in [0, 0.05) is 21.0 Å². The Morgan fingerprint density at radius 3 is 2.75 bits per heavy atom. The molecule has 1 N–H and O–H groups in total. The maximum absolute atomic E-state index is 13.1. The molecule has 4 nitrogen and oxygen atoms in total.